The van der Waals surface area contributed by atoms with E-state index < -0.39 is 0 Å². The standard InChI is InChI=1S/C22H29NO4S/c1-6-26-20-13-8-17(14-21(20)27-7-2)15(3)23-22(24)16(4)28-19-11-9-18(25-5)10-12-19/h8-16H,6-7H2,1-5H3,(H,23,24)/t15-,16-/m1/s1. The van der Waals surface area contributed by atoms with Gasteiger partial charge < -0.3 is 19.5 Å². The lowest BCUT2D eigenvalue weighted by Gasteiger charge is -2.19. The molecule has 152 valence electrons. The zero-order valence-corrected chi connectivity index (χ0v) is 18.0. The van der Waals surface area contributed by atoms with Gasteiger partial charge in [0.15, 0.2) is 11.5 Å². The third kappa shape index (κ3) is 6.09. The molecule has 0 fully saturated rings. The molecule has 1 amide bonds. The van der Waals surface area contributed by atoms with Crippen LogP contribution in [0.25, 0.3) is 0 Å². The average Bonchev–Trinajstić information content (AvgIpc) is 2.70. The normalized spacial score (nSPS) is 12.8. The zero-order valence-electron chi connectivity index (χ0n) is 17.2. The predicted octanol–water partition coefficient (Wildman–Crippen LogP) is 4.85. The lowest BCUT2D eigenvalue weighted by Crippen LogP contribution is -2.33. The van der Waals surface area contributed by atoms with Crippen LogP contribution in [0.1, 0.15) is 39.3 Å². The third-order valence-electron chi connectivity index (χ3n) is 4.17. The van der Waals surface area contributed by atoms with Gasteiger partial charge in [-0.25, -0.2) is 0 Å². The highest BCUT2D eigenvalue weighted by atomic mass is 32.2. The summed E-state index contributed by atoms with van der Waals surface area (Å²) in [6.45, 7) is 8.88. The van der Waals surface area contributed by atoms with Crippen LogP contribution >= 0.6 is 11.8 Å². The van der Waals surface area contributed by atoms with Crippen LogP contribution in [0.5, 0.6) is 17.2 Å². The molecule has 0 saturated carbocycles. The second kappa shape index (κ2) is 10.9. The van der Waals surface area contributed by atoms with E-state index in [4.69, 9.17) is 14.2 Å². The summed E-state index contributed by atoms with van der Waals surface area (Å²) in [5, 5.41) is 2.86. The monoisotopic (exact) mass is 403 g/mol. The third-order valence-corrected chi connectivity index (χ3v) is 5.28. The number of hydrogen-bond donors (Lipinski definition) is 1. The number of carbonyl (C=O) groups excluding carboxylic acids is 1. The summed E-state index contributed by atoms with van der Waals surface area (Å²) in [7, 11) is 1.64. The number of ether oxygens (including phenoxy) is 3. The molecule has 0 aliphatic rings. The number of thioether (sulfide) groups is 1. The van der Waals surface area contributed by atoms with Crippen molar-refractivity contribution in [2.45, 2.75) is 43.9 Å². The Labute approximate surface area is 171 Å². The van der Waals surface area contributed by atoms with E-state index in [0.29, 0.717) is 19.0 Å². The van der Waals surface area contributed by atoms with Crippen LogP contribution in [0.4, 0.5) is 0 Å². The molecule has 5 nitrogen and oxygen atoms in total. The smallest absolute Gasteiger partial charge is 0.233 e. The molecule has 0 aliphatic carbocycles. The van der Waals surface area contributed by atoms with Gasteiger partial charge in [0.1, 0.15) is 5.75 Å². The highest BCUT2D eigenvalue weighted by molar-refractivity contribution is 8.00. The van der Waals surface area contributed by atoms with Crippen molar-refractivity contribution in [1.29, 1.82) is 0 Å². The van der Waals surface area contributed by atoms with E-state index in [0.717, 1.165) is 22.0 Å². The summed E-state index contributed by atoms with van der Waals surface area (Å²) in [6, 6.07) is 13.3. The summed E-state index contributed by atoms with van der Waals surface area (Å²) < 4.78 is 16.4. The van der Waals surface area contributed by atoms with Crippen molar-refractivity contribution in [3.63, 3.8) is 0 Å². The molecule has 2 atom stereocenters. The minimum atomic E-state index is -0.218. The van der Waals surface area contributed by atoms with Gasteiger partial charge in [-0.05, 0) is 69.7 Å². The summed E-state index contributed by atoms with van der Waals surface area (Å²) >= 11 is 1.52. The van der Waals surface area contributed by atoms with Gasteiger partial charge in [-0.15, -0.1) is 11.8 Å². The molecule has 2 aromatic rings. The van der Waals surface area contributed by atoms with Crippen LogP contribution < -0.4 is 19.5 Å². The maximum atomic E-state index is 12.6. The van der Waals surface area contributed by atoms with E-state index in [9.17, 15) is 4.79 Å². The van der Waals surface area contributed by atoms with E-state index in [2.05, 4.69) is 5.32 Å². The van der Waals surface area contributed by atoms with Crippen LogP contribution in [0.2, 0.25) is 0 Å². The number of benzene rings is 2. The van der Waals surface area contributed by atoms with Crippen molar-refractivity contribution < 1.29 is 19.0 Å². The van der Waals surface area contributed by atoms with Gasteiger partial charge >= 0.3 is 0 Å². The second-order valence-electron chi connectivity index (χ2n) is 6.24. The number of carbonyl (C=O) groups is 1. The Balaban J connectivity index is 2.00. The Morgan fingerprint density at radius 3 is 2.25 bits per heavy atom. The lowest BCUT2D eigenvalue weighted by atomic mass is 10.1. The van der Waals surface area contributed by atoms with Crippen molar-refractivity contribution >= 4 is 17.7 Å². The molecule has 2 rings (SSSR count). The van der Waals surface area contributed by atoms with Gasteiger partial charge in [-0.3, -0.25) is 4.79 Å². The van der Waals surface area contributed by atoms with Crippen molar-refractivity contribution in [3.05, 3.63) is 48.0 Å². The van der Waals surface area contributed by atoms with Crippen molar-refractivity contribution in [2.75, 3.05) is 20.3 Å². The molecule has 2 aromatic carbocycles. The van der Waals surface area contributed by atoms with Gasteiger partial charge in [0.2, 0.25) is 5.91 Å². The molecule has 0 spiro atoms. The van der Waals surface area contributed by atoms with Crippen LogP contribution in [0.3, 0.4) is 0 Å². The van der Waals surface area contributed by atoms with E-state index in [1.54, 1.807) is 7.11 Å². The molecule has 0 bridgehead atoms. The Kier molecular flexibility index (Phi) is 8.51. The second-order valence-corrected chi connectivity index (χ2v) is 7.65. The fourth-order valence-electron chi connectivity index (χ4n) is 2.66. The van der Waals surface area contributed by atoms with E-state index in [1.165, 1.54) is 11.8 Å². The average molecular weight is 404 g/mol. The van der Waals surface area contributed by atoms with Gasteiger partial charge in [0.05, 0.1) is 31.6 Å². The van der Waals surface area contributed by atoms with E-state index in [-0.39, 0.29) is 17.2 Å². The zero-order chi connectivity index (χ0) is 20.5. The van der Waals surface area contributed by atoms with Crippen molar-refractivity contribution in [3.8, 4) is 17.2 Å². The molecular weight excluding hydrogens is 374 g/mol. The van der Waals surface area contributed by atoms with Gasteiger partial charge in [-0.2, -0.15) is 0 Å². The first-order valence-corrected chi connectivity index (χ1v) is 10.4. The quantitative estimate of drug-likeness (QED) is 0.575. The molecular formula is C22H29NO4S. The highest BCUT2D eigenvalue weighted by Gasteiger charge is 2.18. The summed E-state index contributed by atoms with van der Waals surface area (Å²) in [4.78, 5) is 13.6. The molecule has 0 aromatic heterocycles. The molecule has 0 unspecified atom stereocenters. The van der Waals surface area contributed by atoms with Gasteiger partial charge in [-0.1, -0.05) is 6.07 Å². The Morgan fingerprint density at radius 1 is 1.00 bits per heavy atom. The van der Waals surface area contributed by atoms with E-state index in [1.807, 2.05) is 70.2 Å². The summed E-state index contributed by atoms with van der Waals surface area (Å²) in [5.41, 5.74) is 0.974. The van der Waals surface area contributed by atoms with Crippen LogP contribution in [-0.4, -0.2) is 31.5 Å². The first-order valence-electron chi connectivity index (χ1n) is 9.49. The highest BCUT2D eigenvalue weighted by Crippen LogP contribution is 2.31. The molecule has 0 aliphatic heterocycles. The number of rotatable bonds is 10. The first kappa shape index (κ1) is 22.0. The Hall–Kier alpha value is -2.34. The van der Waals surface area contributed by atoms with Crippen LogP contribution in [0, 0.1) is 0 Å². The van der Waals surface area contributed by atoms with Crippen molar-refractivity contribution in [1.82, 2.24) is 5.32 Å². The number of amides is 1. The maximum Gasteiger partial charge on any atom is 0.233 e. The van der Waals surface area contributed by atoms with Gasteiger partial charge in [0, 0.05) is 4.90 Å². The minimum absolute atomic E-state index is 0.0137. The van der Waals surface area contributed by atoms with Gasteiger partial charge in [0.25, 0.3) is 0 Å². The molecule has 0 heterocycles. The molecule has 28 heavy (non-hydrogen) atoms. The Morgan fingerprint density at radius 2 is 1.64 bits per heavy atom. The summed E-state index contributed by atoms with van der Waals surface area (Å²) in [6.07, 6.45) is 0. The summed E-state index contributed by atoms with van der Waals surface area (Å²) in [5.74, 6) is 2.20. The number of methoxy groups -OCH3 is 1. The molecule has 6 heteroatoms. The largest absolute Gasteiger partial charge is 0.497 e. The van der Waals surface area contributed by atoms with E-state index >= 15 is 0 Å². The maximum absolute atomic E-state index is 12.6. The SMILES string of the molecule is CCOc1ccc([C@@H](C)NC(=O)[C@@H](C)Sc2ccc(OC)cc2)cc1OCC. The fourth-order valence-corrected chi connectivity index (χ4v) is 3.54. The number of hydrogen-bond acceptors (Lipinski definition) is 5. The molecule has 1 N–H and O–H groups in total. The Bertz CT molecular complexity index is 764. The minimum Gasteiger partial charge on any atom is -0.497 e. The molecule has 0 radical (unpaired) electrons. The first-order chi connectivity index (χ1) is 13.5. The lowest BCUT2D eigenvalue weighted by molar-refractivity contribution is -0.120. The van der Waals surface area contributed by atoms with Crippen molar-refractivity contribution in [2.24, 2.45) is 0 Å². The van der Waals surface area contributed by atoms with Crippen LogP contribution in [-0.2, 0) is 4.79 Å². The van der Waals surface area contributed by atoms with Crippen LogP contribution in [0.15, 0.2) is 47.4 Å². The topological polar surface area (TPSA) is 56.8 Å². The molecule has 0 saturated heterocycles. The number of nitrogens with one attached hydrogen (secondary N) is 1. The predicted molar refractivity (Wildman–Crippen MR) is 114 cm³/mol. The fraction of sp³-hybridized carbons (Fsp3) is 0.409.